The van der Waals surface area contributed by atoms with Crippen molar-refractivity contribution in [2.75, 3.05) is 6.61 Å². The summed E-state index contributed by atoms with van der Waals surface area (Å²) in [5.74, 6) is 0.825. The number of aliphatic hydroxyl groups excluding tert-OH is 4. The number of hydrogen-bond donors (Lipinski definition) is 4. The largest absolute Gasteiger partial charge is 0.461 e. The standard InChI is InChI=1S/C16H24O5/c1-2-4-12(9-13(19)10-17)5-3-6-15(20)16-8-7-14(11-18)21-16/h3,7-8,13,15,17-20H,2,4,6,9-11H2,1H3/t5?,13-,15-/m1/s1. The SMILES string of the molecule is CCCC(=C=CC[C@@H](O)c1ccc(CO)o1)C[C@@H](O)CO. The van der Waals surface area contributed by atoms with Crippen LogP contribution in [0.15, 0.2) is 33.9 Å². The van der Waals surface area contributed by atoms with Crippen molar-refractivity contribution in [3.8, 4) is 0 Å². The Bertz CT molecular complexity index is 471. The Balaban J connectivity index is 2.64. The quantitative estimate of drug-likeness (QED) is 0.522. The predicted octanol–water partition coefficient (Wildman–Crippen LogP) is 1.82. The van der Waals surface area contributed by atoms with E-state index in [0.717, 1.165) is 18.4 Å². The first kappa shape index (κ1) is 17.7. The average molecular weight is 296 g/mol. The van der Waals surface area contributed by atoms with Gasteiger partial charge in [-0.2, -0.15) is 0 Å². The molecule has 0 saturated heterocycles. The van der Waals surface area contributed by atoms with Crippen molar-refractivity contribution in [2.45, 2.75) is 51.4 Å². The van der Waals surface area contributed by atoms with Crippen molar-refractivity contribution in [1.29, 1.82) is 0 Å². The first-order valence-corrected chi connectivity index (χ1v) is 7.20. The van der Waals surface area contributed by atoms with Crippen molar-refractivity contribution in [3.63, 3.8) is 0 Å². The van der Waals surface area contributed by atoms with Crippen LogP contribution in [0.25, 0.3) is 0 Å². The Morgan fingerprint density at radius 2 is 2.10 bits per heavy atom. The number of hydrogen-bond acceptors (Lipinski definition) is 5. The lowest BCUT2D eigenvalue weighted by Crippen LogP contribution is -2.12. The summed E-state index contributed by atoms with van der Waals surface area (Å²) >= 11 is 0. The average Bonchev–Trinajstić information content (AvgIpc) is 2.96. The van der Waals surface area contributed by atoms with E-state index in [2.05, 4.69) is 5.73 Å². The first-order chi connectivity index (χ1) is 10.1. The summed E-state index contributed by atoms with van der Waals surface area (Å²) in [6.07, 6.45) is 2.58. The van der Waals surface area contributed by atoms with E-state index in [9.17, 15) is 10.2 Å². The van der Waals surface area contributed by atoms with Gasteiger partial charge in [0.1, 0.15) is 24.2 Å². The van der Waals surface area contributed by atoms with E-state index < -0.39 is 12.2 Å². The van der Waals surface area contributed by atoms with Gasteiger partial charge in [-0.05, 0) is 30.2 Å². The minimum Gasteiger partial charge on any atom is -0.461 e. The maximum Gasteiger partial charge on any atom is 0.133 e. The fourth-order valence-corrected chi connectivity index (χ4v) is 1.97. The molecule has 0 unspecified atom stereocenters. The van der Waals surface area contributed by atoms with E-state index >= 15 is 0 Å². The molecular weight excluding hydrogens is 272 g/mol. The molecule has 1 rings (SSSR count). The number of furan rings is 1. The van der Waals surface area contributed by atoms with Crippen LogP contribution >= 0.6 is 0 Å². The molecule has 0 radical (unpaired) electrons. The molecule has 0 aliphatic heterocycles. The van der Waals surface area contributed by atoms with E-state index in [1.54, 1.807) is 18.2 Å². The highest BCUT2D eigenvalue weighted by Gasteiger charge is 2.10. The highest BCUT2D eigenvalue weighted by atomic mass is 16.4. The zero-order chi connectivity index (χ0) is 15.7. The molecule has 0 aromatic carbocycles. The zero-order valence-electron chi connectivity index (χ0n) is 12.3. The van der Waals surface area contributed by atoms with E-state index in [-0.39, 0.29) is 13.2 Å². The van der Waals surface area contributed by atoms with Crippen molar-refractivity contribution in [2.24, 2.45) is 0 Å². The Morgan fingerprint density at radius 3 is 2.67 bits per heavy atom. The highest BCUT2D eigenvalue weighted by molar-refractivity contribution is 5.10. The van der Waals surface area contributed by atoms with Crippen LogP contribution in [0.1, 0.15) is 50.2 Å². The molecule has 2 atom stereocenters. The molecule has 0 aliphatic rings. The molecule has 1 heterocycles. The van der Waals surface area contributed by atoms with E-state index in [4.69, 9.17) is 14.6 Å². The van der Waals surface area contributed by atoms with Crippen molar-refractivity contribution >= 4 is 0 Å². The van der Waals surface area contributed by atoms with Gasteiger partial charge in [0, 0.05) is 12.8 Å². The molecule has 21 heavy (non-hydrogen) atoms. The van der Waals surface area contributed by atoms with Gasteiger partial charge in [0.05, 0.1) is 12.7 Å². The van der Waals surface area contributed by atoms with Crippen LogP contribution in [-0.4, -0.2) is 33.1 Å². The van der Waals surface area contributed by atoms with Crippen LogP contribution in [0, 0.1) is 0 Å². The summed E-state index contributed by atoms with van der Waals surface area (Å²) in [5.41, 5.74) is 4.00. The topological polar surface area (TPSA) is 94.1 Å². The minimum atomic E-state index is -0.788. The zero-order valence-corrected chi connectivity index (χ0v) is 12.3. The molecule has 5 nitrogen and oxygen atoms in total. The number of aliphatic hydroxyl groups is 4. The van der Waals surface area contributed by atoms with Gasteiger partial charge in [-0.15, -0.1) is 5.73 Å². The third-order valence-corrected chi connectivity index (χ3v) is 3.06. The Morgan fingerprint density at radius 1 is 1.33 bits per heavy atom. The van der Waals surface area contributed by atoms with Gasteiger partial charge in [-0.1, -0.05) is 13.3 Å². The minimum absolute atomic E-state index is 0.192. The molecular formula is C16H24O5. The first-order valence-electron chi connectivity index (χ1n) is 7.20. The van der Waals surface area contributed by atoms with Gasteiger partial charge >= 0.3 is 0 Å². The predicted molar refractivity (Wildman–Crippen MR) is 78.4 cm³/mol. The Kier molecular flexibility index (Phi) is 8.05. The third-order valence-electron chi connectivity index (χ3n) is 3.06. The molecule has 5 heteroatoms. The van der Waals surface area contributed by atoms with Crippen LogP contribution in [0.3, 0.4) is 0 Å². The van der Waals surface area contributed by atoms with Gasteiger partial charge < -0.3 is 24.8 Å². The summed E-state index contributed by atoms with van der Waals surface area (Å²) in [6, 6.07) is 3.26. The summed E-state index contributed by atoms with van der Waals surface area (Å²) in [4.78, 5) is 0. The second kappa shape index (κ2) is 9.55. The van der Waals surface area contributed by atoms with E-state index in [0.29, 0.717) is 24.4 Å². The normalized spacial score (nSPS) is 13.6. The monoisotopic (exact) mass is 296 g/mol. The maximum absolute atomic E-state index is 9.95. The summed E-state index contributed by atoms with van der Waals surface area (Å²) in [7, 11) is 0. The third kappa shape index (κ3) is 6.29. The van der Waals surface area contributed by atoms with Crippen LogP contribution < -0.4 is 0 Å². The summed E-state index contributed by atoms with van der Waals surface area (Å²) in [6.45, 7) is 1.57. The molecule has 0 aliphatic carbocycles. The van der Waals surface area contributed by atoms with Crippen molar-refractivity contribution in [1.82, 2.24) is 0 Å². The summed E-state index contributed by atoms with van der Waals surface area (Å²) < 4.78 is 5.25. The number of rotatable bonds is 9. The Hall–Kier alpha value is -1.36. The molecule has 118 valence electrons. The Labute approximate surface area is 124 Å². The lowest BCUT2D eigenvalue weighted by Gasteiger charge is -2.08. The molecule has 0 bridgehead atoms. The van der Waals surface area contributed by atoms with Crippen LogP contribution in [0.5, 0.6) is 0 Å². The van der Waals surface area contributed by atoms with E-state index in [1.807, 2.05) is 6.92 Å². The van der Waals surface area contributed by atoms with Gasteiger partial charge in [-0.3, -0.25) is 0 Å². The van der Waals surface area contributed by atoms with Crippen molar-refractivity contribution < 1.29 is 24.8 Å². The van der Waals surface area contributed by atoms with Gasteiger partial charge in [0.25, 0.3) is 0 Å². The molecule has 1 aromatic heterocycles. The van der Waals surface area contributed by atoms with Gasteiger partial charge in [0.2, 0.25) is 0 Å². The second-order valence-corrected chi connectivity index (χ2v) is 4.96. The van der Waals surface area contributed by atoms with Crippen LogP contribution in [-0.2, 0) is 6.61 Å². The molecule has 0 amide bonds. The lowest BCUT2D eigenvalue weighted by molar-refractivity contribution is 0.0948. The highest BCUT2D eigenvalue weighted by Crippen LogP contribution is 2.20. The van der Waals surface area contributed by atoms with Gasteiger partial charge in [0.15, 0.2) is 0 Å². The smallest absolute Gasteiger partial charge is 0.133 e. The fraction of sp³-hybridized carbons (Fsp3) is 0.562. The van der Waals surface area contributed by atoms with Crippen molar-refractivity contribution in [3.05, 3.63) is 41.0 Å². The van der Waals surface area contributed by atoms with Crippen LogP contribution in [0.4, 0.5) is 0 Å². The molecule has 0 saturated carbocycles. The van der Waals surface area contributed by atoms with Crippen LogP contribution in [0.2, 0.25) is 0 Å². The second-order valence-electron chi connectivity index (χ2n) is 4.96. The maximum atomic E-state index is 9.95. The molecule has 0 fully saturated rings. The molecule has 4 N–H and O–H groups in total. The molecule has 0 spiro atoms. The fourth-order valence-electron chi connectivity index (χ4n) is 1.97. The van der Waals surface area contributed by atoms with E-state index in [1.165, 1.54) is 0 Å². The van der Waals surface area contributed by atoms with Gasteiger partial charge in [-0.25, -0.2) is 0 Å². The molecule has 1 aromatic rings. The lowest BCUT2D eigenvalue weighted by atomic mass is 10.0. The summed E-state index contributed by atoms with van der Waals surface area (Å²) in [5, 5.41) is 37.2.